The van der Waals surface area contributed by atoms with Crippen molar-refractivity contribution in [2.24, 2.45) is 22.9 Å². The van der Waals surface area contributed by atoms with Gasteiger partial charge < -0.3 is 43.5 Å². The molecule has 1 amide bonds. The van der Waals surface area contributed by atoms with E-state index in [-0.39, 0.29) is 77.2 Å². The summed E-state index contributed by atoms with van der Waals surface area (Å²) in [5, 5.41) is 25.3. The number of fused-ring (bicyclic) bond motifs is 3. The van der Waals surface area contributed by atoms with Crippen LogP contribution in [0.2, 0.25) is 0 Å². The lowest BCUT2D eigenvalue weighted by molar-refractivity contribution is -0.256. The number of rotatable bonds is 31. The van der Waals surface area contributed by atoms with Gasteiger partial charge >= 0.3 is 6.09 Å². The second kappa shape index (κ2) is 28.3. The van der Waals surface area contributed by atoms with Gasteiger partial charge in [0, 0.05) is 43.4 Å². The summed E-state index contributed by atoms with van der Waals surface area (Å²) in [6.45, 7) is 9.72. The van der Waals surface area contributed by atoms with Crippen LogP contribution in [-0.2, 0) is 34.1 Å². The van der Waals surface area contributed by atoms with Gasteiger partial charge in [0.1, 0.15) is 30.8 Å². The van der Waals surface area contributed by atoms with Gasteiger partial charge in [0.15, 0.2) is 11.5 Å². The molecule has 1 saturated carbocycles. The Morgan fingerprint density at radius 3 is 2.32 bits per heavy atom. The largest absolute Gasteiger partial charge is 0.487 e. The summed E-state index contributed by atoms with van der Waals surface area (Å²) >= 11 is 0. The van der Waals surface area contributed by atoms with E-state index in [1.165, 1.54) is 44.9 Å². The molecule has 3 heterocycles. The number of carbonyl (C=O) groups excluding carboxylic acids is 1. The van der Waals surface area contributed by atoms with Crippen molar-refractivity contribution in [2.45, 2.75) is 161 Å². The van der Waals surface area contributed by atoms with Crippen LogP contribution in [0.1, 0.15) is 150 Å². The van der Waals surface area contributed by atoms with Crippen molar-refractivity contribution in [3.8, 4) is 23.0 Å². The van der Waals surface area contributed by atoms with Gasteiger partial charge in [0.2, 0.25) is 12.6 Å². The molecule has 13 nitrogen and oxygen atoms in total. The molecule has 1 aromatic heterocycles. The molecule has 6 atom stereocenters. The maximum atomic E-state index is 15.3. The average molecular weight is 1030 g/mol. The fourth-order valence-corrected chi connectivity index (χ4v) is 11.7. The average Bonchev–Trinajstić information content (AvgIpc) is 3.91. The molecule has 0 spiro atoms. The summed E-state index contributed by atoms with van der Waals surface area (Å²) in [6, 6.07) is 26.9. The summed E-state index contributed by atoms with van der Waals surface area (Å²) in [6.07, 6.45) is 20.0. The molecule has 75 heavy (non-hydrogen) atoms. The van der Waals surface area contributed by atoms with E-state index in [2.05, 4.69) is 25.6 Å². The molecule has 2 aliphatic carbocycles. The van der Waals surface area contributed by atoms with E-state index in [0.717, 1.165) is 78.6 Å². The molecule has 0 radical (unpaired) electrons. The Bertz CT molecular complexity index is 2500. The molecule has 3 aromatic carbocycles. The fourth-order valence-electron chi connectivity index (χ4n) is 11.7. The van der Waals surface area contributed by atoms with Crippen LogP contribution in [0.25, 0.3) is 0 Å². The van der Waals surface area contributed by atoms with E-state index in [1.807, 2.05) is 85.8 Å². The molecule has 0 bridgehead atoms. The quantitative estimate of drug-likeness (QED) is 0.0282. The van der Waals surface area contributed by atoms with Gasteiger partial charge in [0.05, 0.1) is 30.5 Å². The zero-order valence-corrected chi connectivity index (χ0v) is 44.5. The first-order valence-electron chi connectivity index (χ1n) is 28.0. The van der Waals surface area contributed by atoms with Crippen molar-refractivity contribution in [1.82, 2.24) is 9.88 Å². The Kier molecular flexibility index (Phi) is 20.9. The van der Waals surface area contributed by atoms with E-state index in [4.69, 9.17) is 43.4 Å². The standard InChI is InChI=1S/C62H81N3O10/c1-4-6-7-8-9-10-11-12-13-21-36-69-61(68)65(41-47-29-31-56-57(37-47)72-44-71-56)58-40-54(64-74-42-46-24-15-14-16-25-46)52-38-48(26-17-19-33-66)51(28-18-20-34-67)59-53-39-50(70-43-49-27-22-23-45(3)63-49)30-32-55(53)75-62(58,60(52)59)73-35-5-2/h5,14-16,22-25,27,29-32,37-39,48,51,58-60,66-67H,2,4,6-13,17-21,26,28,33-36,40-44H2,1,3H3/t48-,51+,58-,59+,60+,62+/m0/s1. The van der Waals surface area contributed by atoms with Crippen molar-refractivity contribution in [3.05, 3.63) is 137 Å². The third-order valence-electron chi connectivity index (χ3n) is 15.4. The van der Waals surface area contributed by atoms with Crippen LogP contribution in [0.5, 0.6) is 23.0 Å². The van der Waals surface area contributed by atoms with E-state index >= 15 is 4.79 Å². The van der Waals surface area contributed by atoms with E-state index < -0.39 is 23.8 Å². The number of oxime groups is 1. The lowest BCUT2D eigenvalue weighted by Gasteiger charge is -2.59. The van der Waals surface area contributed by atoms with Crippen molar-refractivity contribution >= 4 is 11.8 Å². The van der Waals surface area contributed by atoms with Crippen LogP contribution in [-0.4, -0.2) is 77.0 Å². The number of hydrogen-bond acceptors (Lipinski definition) is 12. The number of unbranched alkanes of at least 4 members (excludes halogenated alkanes) is 11. The minimum Gasteiger partial charge on any atom is -0.487 e. The SMILES string of the molecule is C=CCO[C@@]12Oc3ccc(OCc4cccc(C)n4)cc3[C@H]3[C@H](CCCCO)[C@@H](CCCCO)C=C(C(=NOCc4ccccc4)C[C@@H]1N(Cc1ccc4c(c1)OCO4)C(=O)OCCCCCCCCCCCC)[C@H]32. The second-order valence-corrected chi connectivity index (χ2v) is 20.7. The topological polar surface area (TPSA) is 151 Å². The number of pyridine rings is 1. The summed E-state index contributed by atoms with van der Waals surface area (Å²) in [5.41, 5.74) is 6.15. The van der Waals surface area contributed by atoms with Crippen LogP contribution in [0, 0.1) is 24.7 Å². The molecule has 2 N–H and O–H groups in total. The minimum absolute atomic E-state index is 0.0304. The summed E-state index contributed by atoms with van der Waals surface area (Å²) in [5.74, 6) is 0.415. The first kappa shape index (κ1) is 55.3. The number of carbonyl (C=O) groups is 1. The highest BCUT2D eigenvalue weighted by atomic mass is 16.7. The zero-order valence-electron chi connectivity index (χ0n) is 44.5. The summed E-state index contributed by atoms with van der Waals surface area (Å²) in [4.78, 5) is 28.1. The minimum atomic E-state index is -1.48. The lowest BCUT2D eigenvalue weighted by atomic mass is 9.55. The van der Waals surface area contributed by atoms with Crippen molar-refractivity contribution in [1.29, 1.82) is 0 Å². The Labute approximate surface area is 445 Å². The molecular formula is C62H81N3O10. The first-order chi connectivity index (χ1) is 36.8. The molecule has 8 rings (SSSR count). The van der Waals surface area contributed by atoms with Crippen LogP contribution >= 0.6 is 0 Å². The fraction of sp³-hybridized carbons (Fsp3) is 0.532. The van der Waals surface area contributed by atoms with E-state index in [9.17, 15) is 10.2 Å². The van der Waals surface area contributed by atoms with Crippen LogP contribution in [0.4, 0.5) is 4.79 Å². The predicted octanol–water partition coefficient (Wildman–Crippen LogP) is 13.1. The Morgan fingerprint density at radius 2 is 1.56 bits per heavy atom. The first-order valence-corrected chi connectivity index (χ1v) is 28.0. The van der Waals surface area contributed by atoms with Gasteiger partial charge in [-0.15, -0.1) is 6.58 Å². The van der Waals surface area contributed by atoms with Gasteiger partial charge in [-0.05, 0) is 110 Å². The molecule has 4 aromatic rings. The van der Waals surface area contributed by atoms with Gasteiger partial charge in [-0.3, -0.25) is 9.88 Å². The maximum Gasteiger partial charge on any atom is 0.410 e. The van der Waals surface area contributed by atoms with E-state index in [0.29, 0.717) is 41.6 Å². The highest BCUT2D eigenvalue weighted by Crippen LogP contribution is 2.62. The Balaban J connectivity index is 1.23. The normalized spacial score (nSPS) is 21.6. The number of aliphatic hydroxyl groups excluding tert-OH is 2. The third kappa shape index (κ3) is 14.3. The Morgan fingerprint density at radius 1 is 0.813 bits per heavy atom. The molecule has 13 heteroatoms. The van der Waals surface area contributed by atoms with Gasteiger partial charge in [-0.2, -0.15) is 0 Å². The predicted molar refractivity (Wildman–Crippen MR) is 291 cm³/mol. The monoisotopic (exact) mass is 1030 g/mol. The lowest BCUT2D eigenvalue weighted by Crippen LogP contribution is -2.70. The summed E-state index contributed by atoms with van der Waals surface area (Å²) < 4.78 is 39.3. The molecule has 0 unspecified atom stereocenters. The number of ether oxygens (including phenoxy) is 6. The smallest absolute Gasteiger partial charge is 0.410 e. The summed E-state index contributed by atoms with van der Waals surface area (Å²) in [7, 11) is 0. The van der Waals surface area contributed by atoms with Crippen molar-refractivity contribution in [3.63, 3.8) is 0 Å². The number of aromatic nitrogens is 1. The Hall–Kier alpha value is -5.89. The number of hydrogen-bond donors (Lipinski definition) is 2. The maximum absolute atomic E-state index is 15.3. The number of allylic oxidation sites excluding steroid dienone is 1. The van der Waals surface area contributed by atoms with Gasteiger partial charge in [-0.1, -0.05) is 137 Å². The number of benzene rings is 3. The number of aliphatic hydroxyl groups is 2. The second-order valence-electron chi connectivity index (χ2n) is 20.7. The van der Waals surface area contributed by atoms with Crippen molar-refractivity contribution in [2.75, 3.05) is 33.2 Å². The molecule has 404 valence electrons. The zero-order chi connectivity index (χ0) is 52.2. The molecule has 1 fully saturated rings. The van der Waals surface area contributed by atoms with Crippen LogP contribution < -0.4 is 18.9 Å². The highest BCUT2D eigenvalue weighted by molar-refractivity contribution is 6.03. The van der Waals surface area contributed by atoms with Crippen LogP contribution in [0.3, 0.4) is 0 Å². The molecule has 4 aliphatic rings. The third-order valence-corrected chi connectivity index (χ3v) is 15.4. The number of amides is 1. The molecule has 0 saturated heterocycles. The van der Waals surface area contributed by atoms with E-state index in [1.54, 1.807) is 11.0 Å². The number of aryl methyl sites for hydroxylation is 1. The highest BCUT2D eigenvalue weighted by Gasteiger charge is 2.66. The van der Waals surface area contributed by atoms with Crippen molar-refractivity contribution < 1.29 is 48.3 Å². The van der Waals surface area contributed by atoms with Gasteiger partial charge in [-0.25, -0.2) is 4.79 Å². The molecule has 2 aliphatic heterocycles. The molecular weight excluding hydrogens is 947 g/mol. The van der Waals surface area contributed by atoms with Gasteiger partial charge in [0.25, 0.3) is 0 Å². The van der Waals surface area contributed by atoms with Crippen LogP contribution in [0.15, 0.2) is 114 Å². The number of nitrogens with zero attached hydrogens (tertiary/aromatic N) is 3.